The number of aromatic nitrogens is 1. The molecule has 1 heterocycles. The SMILES string of the molecule is Cc1cccc(I)c1COC(=O)C(F)(F)c1ccc2c(C)cn(Cc3c(C)cccc3I)c2c1. The molecule has 7 heteroatoms. The van der Waals surface area contributed by atoms with Crippen molar-refractivity contribution in [2.24, 2.45) is 0 Å². The fraction of sp³-hybridized carbons (Fsp3) is 0.222. The quantitative estimate of drug-likeness (QED) is 0.154. The molecule has 0 spiro atoms. The maximum absolute atomic E-state index is 15.2. The molecule has 0 amide bonds. The van der Waals surface area contributed by atoms with Crippen molar-refractivity contribution in [3.05, 3.63) is 101 Å². The van der Waals surface area contributed by atoms with E-state index in [4.69, 9.17) is 4.74 Å². The lowest BCUT2D eigenvalue weighted by atomic mass is 10.0. The van der Waals surface area contributed by atoms with Crippen molar-refractivity contribution in [2.45, 2.75) is 39.8 Å². The van der Waals surface area contributed by atoms with Gasteiger partial charge < -0.3 is 9.30 Å². The number of carbonyl (C=O) groups is 1. The van der Waals surface area contributed by atoms with Crippen LogP contribution in [-0.2, 0) is 28.6 Å². The molecule has 0 atom stereocenters. The number of halogens is 4. The molecule has 0 saturated carbocycles. The third-order valence-corrected chi connectivity index (χ3v) is 8.10. The molecule has 0 saturated heterocycles. The molecular weight excluding hydrogens is 662 g/mol. The third-order valence-electron chi connectivity index (χ3n) is 6.08. The van der Waals surface area contributed by atoms with Crippen molar-refractivity contribution in [1.82, 2.24) is 4.57 Å². The van der Waals surface area contributed by atoms with Crippen LogP contribution in [0, 0.1) is 27.9 Å². The Bertz CT molecular complexity index is 1350. The fourth-order valence-electron chi connectivity index (χ4n) is 4.03. The number of fused-ring (bicyclic) bond motifs is 1. The Morgan fingerprint density at radius 3 is 2.15 bits per heavy atom. The van der Waals surface area contributed by atoms with Crippen LogP contribution in [-0.4, -0.2) is 10.5 Å². The van der Waals surface area contributed by atoms with Gasteiger partial charge in [-0.25, -0.2) is 4.79 Å². The summed E-state index contributed by atoms with van der Waals surface area (Å²) in [4.78, 5) is 12.5. The minimum atomic E-state index is -3.76. The molecule has 0 bridgehead atoms. The summed E-state index contributed by atoms with van der Waals surface area (Å²) in [6.45, 7) is 6.23. The van der Waals surface area contributed by atoms with E-state index in [1.165, 1.54) is 12.1 Å². The number of nitrogens with zero attached hydrogens (tertiary/aromatic N) is 1. The Kier molecular flexibility index (Phi) is 7.33. The molecule has 4 rings (SSSR count). The molecule has 176 valence electrons. The predicted octanol–water partition coefficient (Wildman–Crippen LogP) is 7.66. The minimum Gasteiger partial charge on any atom is -0.456 e. The lowest BCUT2D eigenvalue weighted by Gasteiger charge is -2.17. The minimum absolute atomic E-state index is 0.192. The Hall–Kier alpha value is -2.01. The average molecular weight is 685 g/mol. The number of esters is 1. The molecule has 0 radical (unpaired) electrons. The molecule has 0 aliphatic rings. The molecule has 0 fully saturated rings. The molecule has 3 nitrogen and oxygen atoms in total. The molecule has 0 aliphatic heterocycles. The van der Waals surface area contributed by atoms with Gasteiger partial charge in [-0.15, -0.1) is 0 Å². The maximum Gasteiger partial charge on any atom is 0.382 e. The maximum atomic E-state index is 15.2. The van der Waals surface area contributed by atoms with Gasteiger partial charge in [0.05, 0.1) is 0 Å². The van der Waals surface area contributed by atoms with E-state index in [0.29, 0.717) is 12.1 Å². The van der Waals surface area contributed by atoms with Crippen molar-refractivity contribution in [3.8, 4) is 0 Å². The second-order valence-corrected chi connectivity index (χ2v) is 10.7. The molecule has 1 aromatic heterocycles. The second-order valence-electron chi connectivity index (χ2n) is 8.39. The summed E-state index contributed by atoms with van der Waals surface area (Å²) in [5.41, 5.74) is 5.19. The summed E-state index contributed by atoms with van der Waals surface area (Å²) in [6, 6.07) is 16.1. The van der Waals surface area contributed by atoms with E-state index in [9.17, 15) is 4.79 Å². The number of aryl methyl sites for hydroxylation is 3. The Labute approximate surface area is 224 Å². The zero-order valence-corrected chi connectivity index (χ0v) is 23.3. The Morgan fingerprint density at radius 2 is 1.53 bits per heavy atom. The van der Waals surface area contributed by atoms with Gasteiger partial charge in [0.15, 0.2) is 0 Å². The molecule has 34 heavy (non-hydrogen) atoms. The van der Waals surface area contributed by atoms with Crippen LogP contribution in [0.2, 0.25) is 0 Å². The number of ether oxygens (including phenoxy) is 1. The highest BCUT2D eigenvalue weighted by Crippen LogP contribution is 2.34. The van der Waals surface area contributed by atoms with E-state index in [-0.39, 0.29) is 12.2 Å². The normalized spacial score (nSPS) is 11.7. The molecule has 0 aliphatic carbocycles. The van der Waals surface area contributed by atoms with Crippen LogP contribution in [0.5, 0.6) is 0 Å². The van der Waals surface area contributed by atoms with Crippen molar-refractivity contribution >= 4 is 62.1 Å². The van der Waals surface area contributed by atoms with Crippen LogP contribution in [0.3, 0.4) is 0 Å². The molecule has 4 aromatic rings. The van der Waals surface area contributed by atoms with Gasteiger partial charge >= 0.3 is 11.9 Å². The largest absolute Gasteiger partial charge is 0.456 e. The van der Waals surface area contributed by atoms with Gasteiger partial charge in [0.2, 0.25) is 0 Å². The highest BCUT2D eigenvalue weighted by molar-refractivity contribution is 14.1. The third kappa shape index (κ3) is 4.86. The van der Waals surface area contributed by atoms with E-state index in [1.54, 1.807) is 6.07 Å². The van der Waals surface area contributed by atoms with E-state index >= 15 is 8.78 Å². The summed E-state index contributed by atoms with van der Waals surface area (Å²) in [7, 11) is 0. The molecule has 3 aromatic carbocycles. The lowest BCUT2D eigenvalue weighted by molar-refractivity contribution is -0.175. The monoisotopic (exact) mass is 685 g/mol. The van der Waals surface area contributed by atoms with Crippen molar-refractivity contribution in [2.75, 3.05) is 0 Å². The van der Waals surface area contributed by atoms with Crippen molar-refractivity contribution < 1.29 is 18.3 Å². The van der Waals surface area contributed by atoms with E-state index < -0.39 is 11.9 Å². The molecular formula is C27H23F2I2NO2. The zero-order chi connectivity index (χ0) is 24.6. The van der Waals surface area contributed by atoms with Gasteiger partial charge in [0.25, 0.3) is 0 Å². The first-order valence-corrected chi connectivity index (χ1v) is 12.9. The fourth-order valence-corrected chi connectivity index (χ4v) is 5.63. The number of rotatable bonds is 6. The summed E-state index contributed by atoms with van der Waals surface area (Å²) >= 11 is 4.41. The second kappa shape index (κ2) is 9.93. The van der Waals surface area contributed by atoms with Crippen LogP contribution in [0.15, 0.2) is 60.8 Å². The van der Waals surface area contributed by atoms with E-state index in [1.807, 2.05) is 67.9 Å². The number of hydrogen-bond donors (Lipinski definition) is 0. The lowest BCUT2D eigenvalue weighted by Crippen LogP contribution is -2.28. The number of benzene rings is 3. The van der Waals surface area contributed by atoms with Crippen LogP contribution >= 0.6 is 45.2 Å². The number of carbonyl (C=O) groups excluding carboxylic acids is 1. The average Bonchev–Trinajstić information content (AvgIpc) is 3.10. The number of hydrogen-bond acceptors (Lipinski definition) is 2. The van der Waals surface area contributed by atoms with Gasteiger partial charge in [-0.3, -0.25) is 0 Å². The van der Waals surface area contributed by atoms with Gasteiger partial charge in [0.1, 0.15) is 6.61 Å². The van der Waals surface area contributed by atoms with Crippen LogP contribution in [0.4, 0.5) is 8.78 Å². The van der Waals surface area contributed by atoms with E-state index in [0.717, 1.165) is 40.3 Å². The van der Waals surface area contributed by atoms with E-state index in [2.05, 4.69) is 45.2 Å². The van der Waals surface area contributed by atoms with Gasteiger partial charge in [-0.05, 0) is 106 Å². The van der Waals surface area contributed by atoms with Crippen LogP contribution in [0.25, 0.3) is 10.9 Å². The number of alkyl halides is 2. The Balaban J connectivity index is 1.64. The zero-order valence-electron chi connectivity index (χ0n) is 19.0. The highest BCUT2D eigenvalue weighted by atomic mass is 127. The van der Waals surface area contributed by atoms with Gasteiger partial charge in [-0.1, -0.05) is 36.4 Å². The topological polar surface area (TPSA) is 31.2 Å². The molecule has 0 N–H and O–H groups in total. The first kappa shape index (κ1) is 25.1. The summed E-state index contributed by atoms with van der Waals surface area (Å²) in [5, 5.41) is 0.881. The predicted molar refractivity (Wildman–Crippen MR) is 147 cm³/mol. The van der Waals surface area contributed by atoms with Crippen molar-refractivity contribution in [1.29, 1.82) is 0 Å². The highest BCUT2D eigenvalue weighted by Gasteiger charge is 2.43. The van der Waals surface area contributed by atoms with Crippen molar-refractivity contribution in [3.63, 3.8) is 0 Å². The molecule has 0 unspecified atom stereocenters. The van der Waals surface area contributed by atoms with Crippen LogP contribution < -0.4 is 0 Å². The standard InChI is InChI=1S/C27H23F2I2NO2/c1-16-6-4-8-23(30)21(16)14-32-13-18(3)20-11-10-19(12-25(20)32)27(28,29)26(33)34-15-22-17(2)7-5-9-24(22)31/h4-13H,14-15H2,1-3H3. The first-order chi connectivity index (χ1) is 16.1. The smallest absolute Gasteiger partial charge is 0.382 e. The summed E-state index contributed by atoms with van der Waals surface area (Å²) < 4.78 is 39.4. The Morgan fingerprint density at radius 1 is 0.912 bits per heavy atom. The summed E-state index contributed by atoms with van der Waals surface area (Å²) in [5.74, 6) is -5.31. The van der Waals surface area contributed by atoms with Crippen LogP contribution in [0.1, 0.15) is 33.4 Å². The van der Waals surface area contributed by atoms with Gasteiger partial charge in [0, 0.05) is 41.9 Å². The van der Waals surface area contributed by atoms with Gasteiger partial charge in [-0.2, -0.15) is 8.78 Å². The summed E-state index contributed by atoms with van der Waals surface area (Å²) in [6.07, 6.45) is 1.97. The first-order valence-electron chi connectivity index (χ1n) is 10.7.